The van der Waals surface area contributed by atoms with Gasteiger partial charge in [-0.25, -0.2) is 9.78 Å². The van der Waals surface area contributed by atoms with Crippen LogP contribution in [0.1, 0.15) is 30.2 Å². The highest BCUT2D eigenvalue weighted by atomic mass is 32.2. The van der Waals surface area contributed by atoms with Gasteiger partial charge in [0, 0.05) is 61.6 Å². The first-order valence-corrected chi connectivity index (χ1v) is 16.7. The van der Waals surface area contributed by atoms with Crippen LogP contribution in [-0.4, -0.2) is 64.1 Å². The summed E-state index contributed by atoms with van der Waals surface area (Å²) in [5.74, 6) is -0.245. The minimum absolute atomic E-state index is 0.201. The Morgan fingerprint density at radius 2 is 1.68 bits per heavy atom. The second kappa shape index (κ2) is 17.1. The monoisotopic (exact) mass is 670 g/mol. The molecule has 1 aliphatic heterocycles. The number of anilines is 3. The number of hydrogen-bond acceptors (Lipinski definition) is 7. The number of amides is 4. The number of piperazine rings is 1. The summed E-state index contributed by atoms with van der Waals surface area (Å²) in [5, 5.41) is 12.0. The summed E-state index contributed by atoms with van der Waals surface area (Å²) in [6.45, 7) is 5.26. The number of aromatic nitrogens is 2. The Hall–Kier alpha value is -4.93. The molecule has 1 saturated heterocycles. The van der Waals surface area contributed by atoms with Crippen molar-refractivity contribution in [1.82, 2.24) is 14.5 Å². The Balaban J connectivity index is 0.000000930. The number of carbonyl (C=O) groups excluding carboxylic acids is 3. The third-order valence-corrected chi connectivity index (χ3v) is 8.65. The number of hydrogen-bond donors (Lipinski definition) is 3. The third kappa shape index (κ3) is 9.78. The molecular formula is C34H38N8O3S2. The van der Waals surface area contributed by atoms with E-state index in [2.05, 4.69) is 39.6 Å². The number of thiol groups is 1. The first-order chi connectivity index (χ1) is 22.7. The number of primary amides is 1. The van der Waals surface area contributed by atoms with Gasteiger partial charge in [-0.3, -0.25) is 14.5 Å². The molecule has 1 aliphatic rings. The van der Waals surface area contributed by atoms with Crippen molar-refractivity contribution >= 4 is 58.6 Å². The maximum absolute atomic E-state index is 13.8. The number of nitrogens with zero attached hydrogens (tertiary/aromatic N) is 6. The average Bonchev–Trinajstić information content (AvgIpc) is 3.54. The lowest BCUT2D eigenvalue weighted by Gasteiger charge is -2.35. The fourth-order valence-electron chi connectivity index (χ4n) is 4.88. The number of imidazole rings is 1. The lowest BCUT2D eigenvalue weighted by atomic mass is 10.1. The zero-order valence-electron chi connectivity index (χ0n) is 26.4. The molecule has 0 saturated carbocycles. The van der Waals surface area contributed by atoms with E-state index in [9.17, 15) is 14.4 Å². The SMILES string of the molecule is CCC(N)=O.CSc1ccccc1NC(=O)N(Cc1cncn1Cc1ccc(C#N)cc1)c1ccc(N2CCN(C(=O)S)CC2)cc1. The molecule has 0 aliphatic carbocycles. The summed E-state index contributed by atoms with van der Waals surface area (Å²) >= 11 is 5.52. The lowest BCUT2D eigenvalue weighted by molar-refractivity contribution is -0.117. The molecule has 47 heavy (non-hydrogen) atoms. The molecule has 5 rings (SSSR count). The van der Waals surface area contributed by atoms with Crippen molar-refractivity contribution in [2.75, 3.05) is 47.6 Å². The largest absolute Gasteiger partial charge is 0.370 e. The van der Waals surface area contributed by atoms with E-state index < -0.39 is 0 Å². The normalized spacial score (nSPS) is 12.4. The maximum Gasteiger partial charge on any atom is 0.326 e. The van der Waals surface area contributed by atoms with Gasteiger partial charge in [-0.1, -0.05) is 43.8 Å². The first kappa shape index (κ1) is 34.9. The maximum atomic E-state index is 13.8. The molecule has 244 valence electrons. The van der Waals surface area contributed by atoms with Crippen molar-refractivity contribution in [3.63, 3.8) is 0 Å². The second-order valence-electron chi connectivity index (χ2n) is 10.6. The van der Waals surface area contributed by atoms with Crippen LogP contribution in [-0.2, 0) is 17.9 Å². The molecule has 0 spiro atoms. The molecule has 2 heterocycles. The number of nitriles is 1. The number of nitrogens with two attached hydrogens (primary N) is 1. The number of thioether (sulfide) groups is 1. The van der Waals surface area contributed by atoms with E-state index in [1.54, 1.807) is 53.1 Å². The smallest absolute Gasteiger partial charge is 0.326 e. The van der Waals surface area contributed by atoms with E-state index in [0.717, 1.165) is 46.3 Å². The van der Waals surface area contributed by atoms with E-state index in [4.69, 9.17) is 5.26 Å². The minimum atomic E-state index is -0.253. The van der Waals surface area contributed by atoms with Gasteiger partial charge in [-0.2, -0.15) is 5.26 Å². The molecule has 11 nitrogen and oxygen atoms in total. The molecule has 4 aromatic rings. The van der Waals surface area contributed by atoms with E-state index >= 15 is 0 Å². The van der Waals surface area contributed by atoms with Gasteiger partial charge in [-0.05, 0) is 60.4 Å². The predicted octanol–water partition coefficient (Wildman–Crippen LogP) is 5.82. The third-order valence-electron chi connectivity index (χ3n) is 7.57. The Morgan fingerprint density at radius 1 is 1.02 bits per heavy atom. The van der Waals surface area contributed by atoms with Gasteiger partial charge in [-0.15, -0.1) is 11.8 Å². The highest BCUT2D eigenvalue weighted by molar-refractivity contribution is 7.98. The molecule has 3 aromatic carbocycles. The fraction of sp³-hybridized carbons (Fsp3) is 0.265. The average molecular weight is 671 g/mol. The van der Waals surface area contributed by atoms with Crippen LogP contribution in [0.4, 0.5) is 26.7 Å². The Bertz CT molecular complexity index is 1700. The topological polar surface area (TPSA) is 141 Å². The highest BCUT2D eigenvalue weighted by Gasteiger charge is 2.22. The van der Waals surface area contributed by atoms with Gasteiger partial charge in [0.05, 0.1) is 35.9 Å². The summed E-state index contributed by atoms with van der Waals surface area (Å²) in [4.78, 5) is 46.0. The molecule has 1 aromatic heterocycles. The van der Waals surface area contributed by atoms with E-state index in [-0.39, 0.29) is 17.2 Å². The van der Waals surface area contributed by atoms with Crippen molar-refractivity contribution in [3.8, 4) is 6.07 Å². The number of urea groups is 1. The molecular weight excluding hydrogens is 633 g/mol. The van der Waals surface area contributed by atoms with Gasteiger partial charge in [0.2, 0.25) is 5.91 Å². The standard InChI is InChI=1S/C31H31N7O2S2.C3H7NO/c1-42-29-5-3-2-4-28(29)34-30(39)38(21-27-19-33-22-37(27)20-24-8-6-23(18-32)7-9-24)26-12-10-25(11-13-26)35-14-16-36(17-15-35)31(40)41;1-2-3(4)5/h2-13,19,22H,14-17,20-21H2,1H3,(H,34,39)(H,40,41);2H2,1H3,(H2,4,5). The summed E-state index contributed by atoms with van der Waals surface area (Å²) in [6.07, 6.45) is 5.95. The van der Waals surface area contributed by atoms with Crippen molar-refractivity contribution in [1.29, 1.82) is 5.26 Å². The summed E-state index contributed by atoms with van der Waals surface area (Å²) in [6, 6.07) is 25.0. The van der Waals surface area contributed by atoms with Crippen LogP contribution in [0.25, 0.3) is 0 Å². The number of nitrogens with one attached hydrogen (secondary N) is 1. The van der Waals surface area contributed by atoms with E-state index in [1.807, 2.05) is 71.5 Å². The second-order valence-corrected chi connectivity index (χ2v) is 11.9. The van der Waals surface area contributed by atoms with Crippen molar-refractivity contribution < 1.29 is 14.4 Å². The van der Waals surface area contributed by atoms with Crippen molar-refractivity contribution in [3.05, 3.63) is 102 Å². The van der Waals surface area contributed by atoms with Crippen LogP contribution >= 0.6 is 24.4 Å². The van der Waals surface area contributed by atoms with Gasteiger partial charge in [0.1, 0.15) is 0 Å². The number of carbonyl (C=O) groups is 3. The van der Waals surface area contributed by atoms with Crippen LogP contribution in [0.5, 0.6) is 0 Å². The zero-order chi connectivity index (χ0) is 33.8. The molecule has 0 atom stereocenters. The van der Waals surface area contributed by atoms with E-state index in [0.29, 0.717) is 38.2 Å². The van der Waals surface area contributed by atoms with Gasteiger partial charge >= 0.3 is 6.03 Å². The molecule has 1 fully saturated rings. The Labute approximate surface area is 284 Å². The van der Waals surface area contributed by atoms with Gasteiger partial charge in [0.15, 0.2) is 0 Å². The van der Waals surface area contributed by atoms with Crippen LogP contribution in [0.3, 0.4) is 0 Å². The number of benzene rings is 3. The molecule has 4 amide bonds. The predicted molar refractivity (Wildman–Crippen MR) is 190 cm³/mol. The Kier molecular flexibility index (Phi) is 12.7. The quantitative estimate of drug-likeness (QED) is 0.151. The molecule has 0 radical (unpaired) electrons. The first-order valence-electron chi connectivity index (χ1n) is 15.0. The summed E-state index contributed by atoms with van der Waals surface area (Å²) in [5.41, 5.74) is 9.68. The molecule has 0 bridgehead atoms. The van der Waals surface area contributed by atoms with Crippen LogP contribution in [0.2, 0.25) is 0 Å². The van der Waals surface area contributed by atoms with Gasteiger partial charge in [0.25, 0.3) is 5.24 Å². The highest BCUT2D eigenvalue weighted by Crippen LogP contribution is 2.28. The van der Waals surface area contributed by atoms with E-state index in [1.165, 1.54) is 0 Å². The zero-order valence-corrected chi connectivity index (χ0v) is 28.1. The fourth-order valence-corrected chi connectivity index (χ4v) is 5.63. The number of rotatable bonds is 9. The van der Waals surface area contributed by atoms with Crippen LogP contribution in [0.15, 0.2) is 90.2 Å². The molecule has 0 unspecified atom stereocenters. The van der Waals surface area contributed by atoms with Gasteiger partial charge < -0.3 is 25.4 Å². The number of para-hydroxylation sites is 1. The summed E-state index contributed by atoms with van der Waals surface area (Å²) < 4.78 is 2.01. The van der Waals surface area contributed by atoms with Crippen LogP contribution < -0.4 is 20.9 Å². The minimum Gasteiger partial charge on any atom is -0.370 e. The molecule has 3 N–H and O–H groups in total. The lowest BCUT2D eigenvalue weighted by Crippen LogP contribution is -2.47. The Morgan fingerprint density at radius 3 is 2.28 bits per heavy atom. The van der Waals surface area contributed by atoms with Crippen molar-refractivity contribution in [2.45, 2.75) is 31.3 Å². The van der Waals surface area contributed by atoms with Crippen molar-refractivity contribution in [2.24, 2.45) is 5.73 Å². The molecule has 13 heteroatoms. The van der Waals surface area contributed by atoms with Crippen LogP contribution in [0, 0.1) is 11.3 Å². The summed E-state index contributed by atoms with van der Waals surface area (Å²) in [7, 11) is 0.